The number of hydrogen-bond donors (Lipinski definition) is 2. The molecule has 0 heterocycles. The molecule has 0 saturated carbocycles. The van der Waals surface area contributed by atoms with E-state index in [1.165, 1.54) is 6.92 Å². The van der Waals surface area contributed by atoms with Crippen molar-refractivity contribution in [3.05, 3.63) is 21.8 Å². The molecule has 1 atom stereocenters. The van der Waals surface area contributed by atoms with Crippen LogP contribution in [0.15, 0.2) is 16.8 Å². The summed E-state index contributed by atoms with van der Waals surface area (Å²) in [4.78, 5) is 20.7. The van der Waals surface area contributed by atoms with Gasteiger partial charge in [0.15, 0.2) is 5.71 Å². The maximum Gasteiger partial charge on any atom is 0.270 e. The van der Waals surface area contributed by atoms with E-state index in [9.17, 15) is 14.9 Å². The first-order chi connectivity index (χ1) is 6.93. The van der Waals surface area contributed by atoms with Crippen molar-refractivity contribution in [3.8, 4) is 0 Å². The molecule has 0 aliphatic heterocycles. The zero-order valence-electron chi connectivity index (χ0n) is 8.51. The number of rotatable bonds is 5. The third-order valence-corrected chi connectivity index (χ3v) is 1.94. The minimum atomic E-state index is -0.939. The minimum absolute atomic E-state index is 0.367. The molecule has 84 valence electrons. The molecule has 1 amide bonds. The molecular weight excluding hydrogens is 202 g/mol. The molecule has 0 saturated heterocycles. The van der Waals surface area contributed by atoms with Crippen LogP contribution in [0.25, 0.3) is 0 Å². The molecule has 7 heteroatoms. The Morgan fingerprint density at radius 1 is 1.73 bits per heavy atom. The molecule has 0 unspecified atom stereocenters. The van der Waals surface area contributed by atoms with Gasteiger partial charge in [-0.05, 0) is 12.5 Å². The summed E-state index contributed by atoms with van der Waals surface area (Å²) in [6.45, 7) is 3.08. The van der Waals surface area contributed by atoms with Crippen LogP contribution in [0, 0.1) is 10.1 Å². The highest BCUT2D eigenvalue weighted by molar-refractivity contribution is 6.42. The van der Waals surface area contributed by atoms with E-state index in [-0.39, 0.29) is 5.71 Å². The predicted molar refractivity (Wildman–Crippen MR) is 53.2 cm³/mol. The van der Waals surface area contributed by atoms with Crippen LogP contribution in [0.1, 0.15) is 20.3 Å². The third-order valence-electron chi connectivity index (χ3n) is 1.94. The van der Waals surface area contributed by atoms with Gasteiger partial charge in [-0.2, -0.15) is 0 Å². The summed E-state index contributed by atoms with van der Waals surface area (Å²) in [5.74, 6) is -0.931. The number of primary amides is 1. The van der Waals surface area contributed by atoms with Gasteiger partial charge >= 0.3 is 0 Å². The van der Waals surface area contributed by atoms with Crippen molar-refractivity contribution in [3.63, 3.8) is 0 Å². The topological polar surface area (TPSA) is 119 Å². The fourth-order valence-corrected chi connectivity index (χ4v) is 0.978. The maximum atomic E-state index is 10.7. The molecule has 0 radical (unpaired) electrons. The summed E-state index contributed by atoms with van der Waals surface area (Å²) in [5, 5.41) is 21.6. The van der Waals surface area contributed by atoms with Crippen molar-refractivity contribution in [2.45, 2.75) is 26.3 Å². The van der Waals surface area contributed by atoms with Crippen LogP contribution < -0.4 is 5.73 Å². The summed E-state index contributed by atoms with van der Waals surface area (Å²) in [7, 11) is 0. The van der Waals surface area contributed by atoms with Gasteiger partial charge in [0, 0.05) is 17.4 Å². The first-order valence-electron chi connectivity index (χ1n) is 4.29. The zero-order valence-corrected chi connectivity index (χ0v) is 8.51. The molecule has 0 aliphatic carbocycles. The number of nitrogens with zero attached hydrogens (tertiary/aromatic N) is 2. The van der Waals surface area contributed by atoms with Crippen LogP contribution in [0.4, 0.5) is 0 Å². The van der Waals surface area contributed by atoms with Gasteiger partial charge in [0.05, 0.1) is 0 Å². The number of carbonyl (C=O) groups is 1. The van der Waals surface area contributed by atoms with Crippen molar-refractivity contribution in [2.24, 2.45) is 10.9 Å². The molecule has 0 bridgehead atoms. The highest BCUT2D eigenvalue weighted by Crippen LogP contribution is 2.10. The number of carbonyl (C=O) groups excluding carboxylic acids is 1. The summed E-state index contributed by atoms with van der Waals surface area (Å²) in [5.41, 5.74) is 4.86. The predicted octanol–water partition coefficient (Wildman–Crippen LogP) is 0.304. The number of nitrogens with two attached hydrogens (primary N) is 1. The average Bonchev–Trinajstić information content (AvgIpc) is 2.18. The van der Waals surface area contributed by atoms with E-state index in [1.807, 2.05) is 0 Å². The Hall–Kier alpha value is -1.92. The van der Waals surface area contributed by atoms with E-state index in [0.29, 0.717) is 12.0 Å². The highest BCUT2D eigenvalue weighted by atomic mass is 16.6. The standard InChI is InChI=1S/C8H13N3O4/c1-3-6(5(2)11(14)15)4-7(10-13)8(9)12/h4-5,13H,3H2,1-2H3,(H2,9,12)/b6-4+,10-7+/t5-/m1/s1. The van der Waals surface area contributed by atoms with Gasteiger partial charge in [-0.1, -0.05) is 12.1 Å². The molecule has 15 heavy (non-hydrogen) atoms. The Bertz CT molecular complexity index is 322. The van der Waals surface area contributed by atoms with E-state index >= 15 is 0 Å². The van der Waals surface area contributed by atoms with Crippen molar-refractivity contribution in [1.29, 1.82) is 0 Å². The lowest BCUT2D eigenvalue weighted by atomic mass is 10.0. The van der Waals surface area contributed by atoms with Crippen LogP contribution in [0.5, 0.6) is 0 Å². The van der Waals surface area contributed by atoms with E-state index in [1.54, 1.807) is 6.92 Å². The second kappa shape index (κ2) is 5.74. The van der Waals surface area contributed by atoms with Crippen LogP contribution >= 0.6 is 0 Å². The molecule has 0 aliphatic rings. The first-order valence-corrected chi connectivity index (χ1v) is 4.29. The summed E-state index contributed by atoms with van der Waals surface area (Å²) in [6.07, 6.45) is 1.50. The van der Waals surface area contributed by atoms with Crippen molar-refractivity contribution in [1.82, 2.24) is 0 Å². The number of hydrogen-bond acceptors (Lipinski definition) is 5. The Labute approximate surface area is 86.4 Å². The van der Waals surface area contributed by atoms with Gasteiger partial charge in [0.25, 0.3) is 5.91 Å². The Balaban J connectivity index is 5.03. The Morgan fingerprint density at radius 3 is 2.53 bits per heavy atom. The maximum absolute atomic E-state index is 10.7. The number of oxime groups is 1. The lowest BCUT2D eigenvalue weighted by Gasteiger charge is -2.06. The van der Waals surface area contributed by atoms with Gasteiger partial charge in [0.1, 0.15) is 0 Å². The van der Waals surface area contributed by atoms with Crippen LogP contribution in [-0.2, 0) is 4.79 Å². The van der Waals surface area contributed by atoms with Crippen molar-refractivity contribution in [2.75, 3.05) is 0 Å². The smallest absolute Gasteiger partial charge is 0.270 e. The van der Waals surface area contributed by atoms with Crippen molar-refractivity contribution < 1.29 is 14.9 Å². The largest absolute Gasteiger partial charge is 0.410 e. The molecule has 0 aromatic heterocycles. The van der Waals surface area contributed by atoms with Crippen molar-refractivity contribution >= 4 is 11.6 Å². The third kappa shape index (κ3) is 3.75. The summed E-state index contributed by atoms with van der Waals surface area (Å²) in [6, 6.07) is -0.939. The first kappa shape index (κ1) is 13.1. The summed E-state index contributed by atoms with van der Waals surface area (Å²) < 4.78 is 0. The molecule has 7 nitrogen and oxygen atoms in total. The molecule has 0 spiro atoms. The Kier molecular flexibility index (Phi) is 5.00. The van der Waals surface area contributed by atoms with Crippen LogP contribution in [-0.4, -0.2) is 27.8 Å². The van der Waals surface area contributed by atoms with E-state index in [4.69, 9.17) is 10.9 Å². The quantitative estimate of drug-likeness (QED) is 0.296. The van der Waals surface area contributed by atoms with Gasteiger partial charge in [-0.3, -0.25) is 14.9 Å². The lowest BCUT2D eigenvalue weighted by Crippen LogP contribution is -2.24. The van der Waals surface area contributed by atoms with Gasteiger partial charge in [-0.25, -0.2) is 0 Å². The van der Waals surface area contributed by atoms with Crippen LogP contribution in [0.3, 0.4) is 0 Å². The van der Waals surface area contributed by atoms with Crippen LogP contribution in [0.2, 0.25) is 0 Å². The van der Waals surface area contributed by atoms with E-state index in [0.717, 1.165) is 6.08 Å². The fourth-order valence-electron chi connectivity index (χ4n) is 0.978. The van der Waals surface area contributed by atoms with Gasteiger partial charge in [0.2, 0.25) is 6.04 Å². The highest BCUT2D eigenvalue weighted by Gasteiger charge is 2.19. The summed E-state index contributed by atoms with van der Waals surface area (Å²) >= 11 is 0. The molecule has 0 fully saturated rings. The van der Waals surface area contributed by atoms with E-state index in [2.05, 4.69) is 5.16 Å². The number of amides is 1. The van der Waals surface area contributed by atoms with Gasteiger partial charge in [-0.15, -0.1) is 0 Å². The minimum Gasteiger partial charge on any atom is -0.410 e. The zero-order chi connectivity index (χ0) is 12.0. The SMILES string of the molecule is CC/C(=C\C(=N/O)C(N)=O)[C@@H](C)[N+](=O)[O-]. The normalized spacial score (nSPS) is 14.8. The average molecular weight is 215 g/mol. The Morgan fingerprint density at radius 2 is 2.27 bits per heavy atom. The van der Waals surface area contributed by atoms with Gasteiger partial charge < -0.3 is 10.9 Å². The molecular formula is C8H13N3O4. The molecule has 0 aromatic carbocycles. The molecule has 3 N–H and O–H groups in total. The monoisotopic (exact) mass is 215 g/mol. The number of nitro groups is 1. The van der Waals surface area contributed by atoms with E-state index < -0.39 is 16.9 Å². The second-order valence-corrected chi connectivity index (χ2v) is 2.88. The fraction of sp³-hybridized carbons (Fsp3) is 0.500. The second-order valence-electron chi connectivity index (χ2n) is 2.88. The molecule has 0 rings (SSSR count). The lowest BCUT2D eigenvalue weighted by molar-refractivity contribution is -0.507. The molecule has 0 aromatic rings.